The lowest BCUT2D eigenvalue weighted by atomic mass is 9.95. The van der Waals surface area contributed by atoms with Gasteiger partial charge in [-0.2, -0.15) is 5.10 Å². The maximum atomic E-state index is 12.3. The van der Waals surface area contributed by atoms with Gasteiger partial charge in [-0.1, -0.05) is 6.92 Å². The molecule has 21 heavy (non-hydrogen) atoms. The normalized spacial score (nSPS) is 20.0. The van der Waals surface area contributed by atoms with Gasteiger partial charge in [0.25, 0.3) is 0 Å². The number of amides is 1. The molecule has 8 heteroatoms. The molecule has 1 saturated heterocycles. The van der Waals surface area contributed by atoms with E-state index in [9.17, 15) is 13.2 Å². The Hall–Kier alpha value is -1.41. The van der Waals surface area contributed by atoms with Crippen LogP contribution in [0.4, 0.5) is 0 Å². The zero-order chi connectivity index (χ0) is 15.6. The summed E-state index contributed by atoms with van der Waals surface area (Å²) < 4.78 is 23.0. The van der Waals surface area contributed by atoms with Crippen LogP contribution in [-0.4, -0.2) is 54.2 Å². The van der Waals surface area contributed by atoms with E-state index in [1.54, 1.807) is 0 Å². The zero-order valence-electron chi connectivity index (χ0n) is 12.5. The van der Waals surface area contributed by atoms with Crippen LogP contribution >= 0.6 is 0 Å². The number of rotatable bonds is 3. The lowest BCUT2D eigenvalue weighted by Gasteiger charge is -2.21. The van der Waals surface area contributed by atoms with E-state index in [0.717, 1.165) is 17.0 Å². The number of aromatic amines is 1. The molecule has 0 aromatic carbocycles. The molecule has 1 unspecified atom stereocenters. The average Bonchev–Trinajstić information content (AvgIpc) is 2.61. The maximum Gasteiger partial charge on any atom is 0.246 e. The number of nitrogens with one attached hydrogen (secondary N) is 1. The molecular weight excluding hydrogens is 294 g/mol. The van der Waals surface area contributed by atoms with Crippen molar-refractivity contribution in [1.29, 1.82) is 0 Å². The van der Waals surface area contributed by atoms with Crippen molar-refractivity contribution in [3.63, 3.8) is 0 Å². The number of aryl methyl sites for hydroxylation is 2. The third-order valence-electron chi connectivity index (χ3n) is 3.68. The highest BCUT2D eigenvalue weighted by Crippen LogP contribution is 2.25. The van der Waals surface area contributed by atoms with Gasteiger partial charge >= 0.3 is 0 Å². The average molecular weight is 315 g/mol. The fourth-order valence-corrected chi connectivity index (χ4v) is 3.59. The molecule has 1 N–H and O–H groups in total. The van der Waals surface area contributed by atoms with Gasteiger partial charge in [-0.3, -0.25) is 14.7 Å². The van der Waals surface area contributed by atoms with Gasteiger partial charge in [0.1, 0.15) is 0 Å². The zero-order valence-corrected chi connectivity index (χ0v) is 13.4. The number of hydrogen-bond acceptors (Lipinski definition) is 5. The third kappa shape index (κ3) is 3.82. The molecule has 118 valence electrons. The summed E-state index contributed by atoms with van der Waals surface area (Å²) in [5, 5.41) is 8.22. The van der Waals surface area contributed by atoms with Crippen molar-refractivity contribution in [3.8, 4) is 0 Å². The van der Waals surface area contributed by atoms with Gasteiger partial charge in [-0.25, -0.2) is 13.5 Å². The number of carbonyl (C=O) groups is 1. The first-order valence-corrected chi connectivity index (χ1v) is 8.77. The smallest absolute Gasteiger partial charge is 0.246 e. The summed E-state index contributed by atoms with van der Waals surface area (Å²) in [5.41, 5.74) is 2.87. The maximum absolute atomic E-state index is 12.3. The van der Waals surface area contributed by atoms with Crippen molar-refractivity contribution < 1.29 is 18.0 Å². The van der Waals surface area contributed by atoms with Gasteiger partial charge in [0.15, 0.2) is 9.84 Å². The van der Waals surface area contributed by atoms with Gasteiger partial charge in [-0.15, -0.1) is 0 Å². The molecule has 7 nitrogen and oxygen atoms in total. The van der Waals surface area contributed by atoms with Crippen molar-refractivity contribution in [2.75, 3.05) is 24.7 Å². The molecule has 1 aromatic heterocycles. The summed E-state index contributed by atoms with van der Waals surface area (Å²) in [6, 6.07) is 0. The highest BCUT2D eigenvalue weighted by atomic mass is 32.2. The highest BCUT2D eigenvalue weighted by molar-refractivity contribution is 7.91. The number of carbonyl (C=O) groups excluding carboxylic acids is 1. The Labute approximate surface area is 124 Å². The summed E-state index contributed by atoms with van der Waals surface area (Å²) >= 11 is 0. The number of hydroxylamine groups is 2. The summed E-state index contributed by atoms with van der Waals surface area (Å²) in [7, 11) is -3.10. The van der Waals surface area contributed by atoms with Crippen molar-refractivity contribution >= 4 is 15.7 Å². The first kappa shape index (κ1) is 16.0. The van der Waals surface area contributed by atoms with E-state index in [2.05, 4.69) is 10.2 Å². The van der Waals surface area contributed by atoms with E-state index in [4.69, 9.17) is 4.84 Å². The quantitative estimate of drug-likeness (QED) is 0.887. The Kier molecular flexibility index (Phi) is 4.67. The van der Waals surface area contributed by atoms with Gasteiger partial charge < -0.3 is 0 Å². The molecule has 0 bridgehead atoms. The summed E-state index contributed by atoms with van der Waals surface area (Å²) in [4.78, 5) is 17.5. The molecule has 1 atom stereocenters. The number of hydrogen-bond donors (Lipinski definition) is 1. The van der Waals surface area contributed by atoms with Gasteiger partial charge in [0.05, 0.1) is 30.4 Å². The lowest BCUT2D eigenvalue weighted by molar-refractivity contribution is -0.182. The van der Waals surface area contributed by atoms with Gasteiger partial charge in [0.2, 0.25) is 5.91 Å². The molecule has 2 heterocycles. The highest BCUT2D eigenvalue weighted by Gasteiger charge is 2.26. The number of aromatic nitrogens is 2. The lowest BCUT2D eigenvalue weighted by Crippen LogP contribution is -2.33. The minimum absolute atomic E-state index is 0.000268. The number of sulfone groups is 1. The van der Waals surface area contributed by atoms with Gasteiger partial charge in [-0.05, 0) is 25.3 Å². The van der Waals surface area contributed by atoms with E-state index >= 15 is 0 Å². The van der Waals surface area contributed by atoms with Crippen LogP contribution in [0.25, 0.3) is 0 Å². The Morgan fingerprint density at radius 3 is 2.76 bits per heavy atom. The van der Waals surface area contributed by atoms with E-state index in [0.29, 0.717) is 0 Å². The minimum Gasteiger partial charge on any atom is -0.282 e. The fraction of sp³-hybridized carbons (Fsp3) is 0.692. The molecule has 2 rings (SSSR count). The Balaban J connectivity index is 2.01. The van der Waals surface area contributed by atoms with Crippen LogP contribution in [0.3, 0.4) is 0 Å². The molecule has 1 aromatic rings. The first-order valence-electron chi connectivity index (χ1n) is 6.95. The molecule has 1 aliphatic rings. The number of nitrogens with zero attached hydrogens (tertiary/aromatic N) is 2. The van der Waals surface area contributed by atoms with E-state index in [1.165, 1.54) is 5.06 Å². The second-order valence-electron chi connectivity index (χ2n) is 5.43. The fourth-order valence-electron chi connectivity index (χ4n) is 2.61. The standard InChI is InChI=1S/C13H21N3O4S/c1-9(13-10(2)14-15-11(13)3)8-12(17)16-4-6-21(18,19)7-5-20-16/h9H,4-8H2,1-3H3,(H,14,15). The SMILES string of the molecule is Cc1n[nH]c(C)c1C(C)CC(=O)N1CCS(=O)(=O)CCO1. The van der Waals surface area contributed by atoms with E-state index < -0.39 is 9.84 Å². The number of H-pyrrole nitrogens is 1. The van der Waals surface area contributed by atoms with Crippen molar-refractivity contribution in [3.05, 3.63) is 17.0 Å². The second-order valence-corrected chi connectivity index (χ2v) is 7.74. The van der Waals surface area contributed by atoms with Crippen LogP contribution in [0.1, 0.15) is 36.2 Å². The van der Waals surface area contributed by atoms with Crippen molar-refractivity contribution in [2.45, 2.75) is 33.1 Å². The summed E-state index contributed by atoms with van der Waals surface area (Å²) in [6.07, 6.45) is 0.265. The largest absolute Gasteiger partial charge is 0.282 e. The van der Waals surface area contributed by atoms with Crippen molar-refractivity contribution in [1.82, 2.24) is 15.3 Å². The van der Waals surface area contributed by atoms with Crippen LogP contribution in [0.2, 0.25) is 0 Å². The van der Waals surface area contributed by atoms with E-state index in [1.807, 2.05) is 20.8 Å². The van der Waals surface area contributed by atoms with Crippen LogP contribution in [0.5, 0.6) is 0 Å². The molecular formula is C13H21N3O4S. The molecule has 1 fully saturated rings. The van der Waals surface area contributed by atoms with Crippen LogP contribution in [0, 0.1) is 13.8 Å². The molecule has 0 aliphatic carbocycles. The predicted molar refractivity (Wildman–Crippen MR) is 77.4 cm³/mol. The Bertz CT molecular complexity index is 604. The van der Waals surface area contributed by atoms with E-state index in [-0.39, 0.29) is 42.9 Å². The van der Waals surface area contributed by atoms with Crippen LogP contribution < -0.4 is 0 Å². The molecule has 1 amide bonds. The van der Waals surface area contributed by atoms with Gasteiger partial charge in [0, 0.05) is 12.1 Å². The topological polar surface area (TPSA) is 92.4 Å². The Morgan fingerprint density at radius 2 is 2.14 bits per heavy atom. The summed E-state index contributed by atoms with van der Waals surface area (Å²) in [5.74, 6) is -0.275. The predicted octanol–water partition coefficient (Wildman–Crippen LogP) is 0.709. The van der Waals surface area contributed by atoms with Crippen molar-refractivity contribution in [2.24, 2.45) is 0 Å². The molecule has 1 aliphatic heterocycles. The van der Waals surface area contributed by atoms with Crippen LogP contribution in [0.15, 0.2) is 0 Å². The minimum atomic E-state index is -3.10. The summed E-state index contributed by atoms with van der Waals surface area (Å²) in [6.45, 7) is 5.90. The molecule has 0 saturated carbocycles. The second kappa shape index (κ2) is 6.15. The van der Waals surface area contributed by atoms with Crippen LogP contribution in [-0.2, 0) is 19.5 Å². The third-order valence-corrected chi connectivity index (χ3v) is 5.28. The molecule has 0 radical (unpaired) electrons. The first-order chi connectivity index (χ1) is 9.80. The monoisotopic (exact) mass is 315 g/mol. The Morgan fingerprint density at radius 1 is 1.43 bits per heavy atom. The molecule has 0 spiro atoms.